The third kappa shape index (κ3) is 2.29. The number of nitrogens with two attached hydrogens (primary N) is 1. The van der Waals surface area contributed by atoms with E-state index < -0.39 is 0 Å². The second-order valence-electron chi connectivity index (χ2n) is 5.10. The van der Waals surface area contributed by atoms with E-state index >= 15 is 0 Å². The summed E-state index contributed by atoms with van der Waals surface area (Å²) in [4.78, 5) is 0. The van der Waals surface area contributed by atoms with Gasteiger partial charge in [-0.05, 0) is 29.4 Å². The van der Waals surface area contributed by atoms with E-state index in [9.17, 15) is 0 Å². The number of hydrogen-bond donors (Lipinski definition) is 1. The quantitative estimate of drug-likeness (QED) is 0.683. The highest BCUT2D eigenvalue weighted by atomic mass is 14.6. The zero-order valence-corrected chi connectivity index (χ0v) is 9.53. The van der Waals surface area contributed by atoms with Crippen LogP contribution in [-0.2, 0) is 0 Å². The number of allylic oxidation sites excluding steroid dienone is 1. The van der Waals surface area contributed by atoms with Crippen molar-refractivity contribution in [3.63, 3.8) is 0 Å². The molecule has 1 aromatic rings. The molecule has 0 heterocycles. The van der Waals surface area contributed by atoms with Gasteiger partial charge in [-0.25, -0.2) is 0 Å². The molecule has 1 atom stereocenters. The Kier molecular flexibility index (Phi) is 2.66. The molecule has 1 unspecified atom stereocenters. The average molecular weight is 201 g/mol. The molecule has 15 heavy (non-hydrogen) atoms. The summed E-state index contributed by atoms with van der Waals surface area (Å²) in [6, 6.07) is 8.62. The first-order valence-electron chi connectivity index (χ1n) is 5.62. The molecule has 2 rings (SSSR count). The number of fused-ring (bicyclic) bond motifs is 1. The molecule has 0 aliphatic heterocycles. The molecule has 0 bridgehead atoms. The van der Waals surface area contributed by atoms with E-state index in [0.717, 1.165) is 12.8 Å². The summed E-state index contributed by atoms with van der Waals surface area (Å²) in [5.74, 6) is 0. The molecule has 1 nitrogen and oxygen atoms in total. The summed E-state index contributed by atoms with van der Waals surface area (Å²) in [6.07, 6.45) is 6.74. The van der Waals surface area contributed by atoms with Crippen LogP contribution in [0.5, 0.6) is 0 Å². The van der Waals surface area contributed by atoms with Gasteiger partial charge in [0.2, 0.25) is 0 Å². The van der Waals surface area contributed by atoms with E-state index in [1.54, 1.807) is 0 Å². The minimum atomic E-state index is 0.186. The van der Waals surface area contributed by atoms with E-state index in [-0.39, 0.29) is 11.5 Å². The van der Waals surface area contributed by atoms with Crippen molar-refractivity contribution >= 4 is 6.08 Å². The first-order valence-corrected chi connectivity index (χ1v) is 5.62. The third-order valence-electron chi connectivity index (χ3n) is 3.21. The molecule has 2 N–H and O–H groups in total. The first kappa shape index (κ1) is 10.4. The van der Waals surface area contributed by atoms with Crippen molar-refractivity contribution < 1.29 is 0 Å². The van der Waals surface area contributed by atoms with E-state index in [4.69, 9.17) is 5.73 Å². The highest BCUT2D eigenvalue weighted by Crippen LogP contribution is 2.33. The monoisotopic (exact) mass is 201 g/mol. The molecular weight excluding hydrogens is 182 g/mol. The summed E-state index contributed by atoms with van der Waals surface area (Å²) in [5.41, 5.74) is 9.03. The van der Waals surface area contributed by atoms with Gasteiger partial charge in [-0.1, -0.05) is 50.3 Å². The second kappa shape index (κ2) is 3.82. The van der Waals surface area contributed by atoms with Gasteiger partial charge in [0.1, 0.15) is 0 Å². The molecule has 1 heteroatoms. The van der Waals surface area contributed by atoms with Crippen LogP contribution in [-0.4, -0.2) is 0 Å². The van der Waals surface area contributed by atoms with Gasteiger partial charge in [-0.3, -0.25) is 0 Å². The smallest absolute Gasteiger partial charge is 0.0301 e. The predicted molar refractivity (Wildman–Crippen MR) is 65.4 cm³/mol. The van der Waals surface area contributed by atoms with Gasteiger partial charge in [0.05, 0.1) is 0 Å². The average Bonchev–Trinajstić information content (AvgIpc) is 2.22. The van der Waals surface area contributed by atoms with Gasteiger partial charge in [-0.2, -0.15) is 0 Å². The zero-order valence-electron chi connectivity index (χ0n) is 9.53. The Morgan fingerprint density at radius 2 is 2.00 bits per heavy atom. The van der Waals surface area contributed by atoms with E-state index in [2.05, 4.69) is 50.3 Å². The Hall–Kier alpha value is -1.08. The van der Waals surface area contributed by atoms with Gasteiger partial charge < -0.3 is 5.73 Å². The lowest BCUT2D eigenvalue weighted by atomic mass is 9.81. The fourth-order valence-electron chi connectivity index (χ4n) is 2.08. The normalized spacial score (nSPS) is 26.2. The van der Waals surface area contributed by atoms with Crippen LogP contribution < -0.4 is 5.73 Å². The molecular formula is C14H19N. The lowest BCUT2D eigenvalue weighted by Crippen LogP contribution is -2.18. The van der Waals surface area contributed by atoms with Crippen molar-refractivity contribution in [3.8, 4) is 0 Å². The van der Waals surface area contributed by atoms with Crippen LogP contribution in [0.1, 0.15) is 43.9 Å². The summed E-state index contributed by atoms with van der Waals surface area (Å²) < 4.78 is 0. The van der Waals surface area contributed by atoms with Crippen LogP contribution >= 0.6 is 0 Å². The second-order valence-corrected chi connectivity index (χ2v) is 5.10. The number of hydrogen-bond acceptors (Lipinski definition) is 1. The standard InChI is InChI=1S/C14H19N/c1-14(2)9-7-11-5-3-4-6-12(11)13(15)8-10-14/h3-7,9,13H,8,10,15H2,1-2H3/b9-7-. The predicted octanol–water partition coefficient (Wildman–Crippen LogP) is 3.52. The van der Waals surface area contributed by atoms with E-state index in [1.807, 2.05) is 0 Å². The van der Waals surface area contributed by atoms with Crippen molar-refractivity contribution in [1.82, 2.24) is 0 Å². The summed E-state index contributed by atoms with van der Waals surface area (Å²) in [6.45, 7) is 4.54. The van der Waals surface area contributed by atoms with Gasteiger partial charge in [0, 0.05) is 6.04 Å². The maximum absolute atomic E-state index is 6.20. The van der Waals surface area contributed by atoms with E-state index in [0.29, 0.717) is 0 Å². The molecule has 0 spiro atoms. The van der Waals surface area contributed by atoms with E-state index in [1.165, 1.54) is 11.1 Å². The minimum Gasteiger partial charge on any atom is -0.324 e. The minimum absolute atomic E-state index is 0.186. The molecule has 0 aromatic heterocycles. The Balaban J connectivity index is 2.44. The molecule has 0 fully saturated rings. The molecule has 80 valence electrons. The highest BCUT2D eigenvalue weighted by molar-refractivity contribution is 5.55. The number of benzene rings is 1. The Labute approximate surface area is 92.0 Å². The lowest BCUT2D eigenvalue weighted by Gasteiger charge is -2.26. The maximum Gasteiger partial charge on any atom is 0.0301 e. The Morgan fingerprint density at radius 1 is 1.27 bits per heavy atom. The Morgan fingerprint density at radius 3 is 2.80 bits per heavy atom. The van der Waals surface area contributed by atoms with Gasteiger partial charge >= 0.3 is 0 Å². The SMILES string of the molecule is CC1(C)/C=C\c2ccccc2C(N)CC1. The van der Waals surface area contributed by atoms with Crippen LogP contribution in [0.3, 0.4) is 0 Å². The third-order valence-corrected chi connectivity index (χ3v) is 3.21. The van der Waals surface area contributed by atoms with Crippen LogP contribution in [0.2, 0.25) is 0 Å². The van der Waals surface area contributed by atoms with Gasteiger partial charge in [0.15, 0.2) is 0 Å². The largest absolute Gasteiger partial charge is 0.324 e. The van der Waals surface area contributed by atoms with Crippen LogP contribution in [0.15, 0.2) is 30.3 Å². The number of rotatable bonds is 0. The van der Waals surface area contributed by atoms with Crippen LogP contribution in [0, 0.1) is 5.41 Å². The molecule has 0 amide bonds. The summed E-state index contributed by atoms with van der Waals surface area (Å²) in [7, 11) is 0. The summed E-state index contributed by atoms with van der Waals surface area (Å²) >= 11 is 0. The van der Waals surface area contributed by atoms with Crippen molar-refractivity contribution in [1.29, 1.82) is 0 Å². The Bertz CT molecular complexity index is 377. The molecule has 0 saturated heterocycles. The van der Waals surface area contributed by atoms with Crippen molar-refractivity contribution in [2.75, 3.05) is 0 Å². The highest BCUT2D eigenvalue weighted by Gasteiger charge is 2.20. The molecule has 0 saturated carbocycles. The van der Waals surface area contributed by atoms with Crippen molar-refractivity contribution in [2.24, 2.45) is 11.1 Å². The van der Waals surface area contributed by atoms with Gasteiger partial charge in [-0.15, -0.1) is 0 Å². The molecule has 1 aromatic carbocycles. The summed E-state index contributed by atoms with van der Waals surface area (Å²) in [5, 5.41) is 0. The van der Waals surface area contributed by atoms with Crippen molar-refractivity contribution in [3.05, 3.63) is 41.5 Å². The van der Waals surface area contributed by atoms with Crippen LogP contribution in [0.4, 0.5) is 0 Å². The molecule has 0 radical (unpaired) electrons. The molecule has 1 aliphatic carbocycles. The van der Waals surface area contributed by atoms with Crippen LogP contribution in [0.25, 0.3) is 6.08 Å². The first-order chi connectivity index (χ1) is 7.08. The zero-order chi connectivity index (χ0) is 10.9. The maximum atomic E-state index is 6.20. The van der Waals surface area contributed by atoms with Crippen molar-refractivity contribution in [2.45, 2.75) is 32.7 Å². The molecule has 1 aliphatic rings. The topological polar surface area (TPSA) is 26.0 Å². The fourth-order valence-corrected chi connectivity index (χ4v) is 2.08. The lowest BCUT2D eigenvalue weighted by molar-refractivity contribution is 0.398. The van der Waals surface area contributed by atoms with Gasteiger partial charge in [0.25, 0.3) is 0 Å². The fraction of sp³-hybridized carbons (Fsp3) is 0.429.